The van der Waals surface area contributed by atoms with Crippen LogP contribution < -0.4 is 5.32 Å². The van der Waals surface area contributed by atoms with Crippen molar-refractivity contribution in [1.29, 1.82) is 5.26 Å². The second-order valence-electron chi connectivity index (χ2n) is 6.23. The van der Waals surface area contributed by atoms with Gasteiger partial charge in [-0.05, 0) is 17.7 Å². The number of amides is 2. The van der Waals surface area contributed by atoms with Gasteiger partial charge in [-0.1, -0.05) is 12.1 Å². The van der Waals surface area contributed by atoms with Crippen molar-refractivity contribution < 1.29 is 32.6 Å². The van der Waals surface area contributed by atoms with Crippen LogP contribution in [0.5, 0.6) is 0 Å². The van der Waals surface area contributed by atoms with Gasteiger partial charge in [0, 0.05) is 31.5 Å². The highest BCUT2D eigenvalue weighted by molar-refractivity contribution is 5.95. The van der Waals surface area contributed by atoms with Gasteiger partial charge in [0.15, 0.2) is 0 Å². The Morgan fingerprint density at radius 2 is 2.00 bits per heavy atom. The molecule has 1 aliphatic heterocycles. The number of nitriles is 1. The molecule has 2 rings (SSSR count). The standard InChI is InChI=1S/C17H18F3N3O4/c18-17(19,20)11-27-9-12-2-1-3-13(8-12)14(24)22-16(10-21)4-6-23(7-5-16)15(25)26/h1-3,8H,4-7,9,11H2,(H,22,24)(H,25,26). The zero-order chi connectivity index (χ0) is 20.1. The Bertz CT molecular complexity index is 738. The van der Waals surface area contributed by atoms with Crippen molar-refractivity contribution in [2.24, 2.45) is 0 Å². The maximum absolute atomic E-state index is 12.5. The molecule has 1 saturated heterocycles. The zero-order valence-electron chi connectivity index (χ0n) is 14.3. The van der Waals surface area contributed by atoms with Crippen LogP contribution in [0.1, 0.15) is 28.8 Å². The SMILES string of the molecule is N#CC1(NC(=O)c2cccc(COCC(F)(F)F)c2)CCN(C(=O)O)CC1. The van der Waals surface area contributed by atoms with E-state index in [0.29, 0.717) is 5.56 Å². The predicted octanol–water partition coefficient (Wildman–Crippen LogP) is 2.53. The summed E-state index contributed by atoms with van der Waals surface area (Å²) < 4.78 is 40.9. The van der Waals surface area contributed by atoms with Gasteiger partial charge in [0.25, 0.3) is 5.91 Å². The molecule has 0 radical (unpaired) electrons. The van der Waals surface area contributed by atoms with E-state index in [1.54, 1.807) is 0 Å². The monoisotopic (exact) mass is 385 g/mol. The number of likely N-dealkylation sites (tertiary alicyclic amines) is 1. The first-order valence-corrected chi connectivity index (χ1v) is 8.09. The van der Waals surface area contributed by atoms with Crippen molar-refractivity contribution >= 4 is 12.0 Å². The molecule has 1 aromatic carbocycles. The van der Waals surface area contributed by atoms with Crippen LogP contribution in [-0.2, 0) is 11.3 Å². The number of nitrogens with zero attached hydrogens (tertiary/aromatic N) is 2. The lowest BCUT2D eigenvalue weighted by Crippen LogP contribution is -2.55. The summed E-state index contributed by atoms with van der Waals surface area (Å²) in [5, 5.41) is 21.0. The molecular formula is C17H18F3N3O4. The van der Waals surface area contributed by atoms with Crippen molar-refractivity contribution in [1.82, 2.24) is 10.2 Å². The maximum Gasteiger partial charge on any atom is 0.411 e. The molecular weight excluding hydrogens is 367 g/mol. The molecule has 0 saturated carbocycles. The Morgan fingerprint density at radius 1 is 1.33 bits per heavy atom. The number of halogens is 3. The summed E-state index contributed by atoms with van der Waals surface area (Å²) in [6.45, 7) is -1.46. The third-order valence-electron chi connectivity index (χ3n) is 4.18. The highest BCUT2D eigenvalue weighted by atomic mass is 19.4. The minimum atomic E-state index is -4.43. The third-order valence-corrected chi connectivity index (χ3v) is 4.18. The van der Waals surface area contributed by atoms with Crippen LogP contribution in [0, 0.1) is 11.3 Å². The molecule has 0 unspecified atom stereocenters. The van der Waals surface area contributed by atoms with Crippen LogP contribution in [-0.4, -0.2) is 53.4 Å². The molecule has 146 valence electrons. The summed E-state index contributed by atoms with van der Waals surface area (Å²) in [7, 11) is 0. The zero-order valence-corrected chi connectivity index (χ0v) is 14.3. The summed E-state index contributed by atoms with van der Waals surface area (Å²) in [4.78, 5) is 24.6. The van der Waals surface area contributed by atoms with Crippen molar-refractivity contribution in [3.05, 3.63) is 35.4 Å². The third kappa shape index (κ3) is 5.86. The number of alkyl halides is 3. The Balaban J connectivity index is 2.00. The number of carbonyl (C=O) groups excluding carboxylic acids is 1. The van der Waals surface area contributed by atoms with Crippen LogP contribution in [0.4, 0.5) is 18.0 Å². The molecule has 1 fully saturated rings. The van der Waals surface area contributed by atoms with E-state index in [9.17, 15) is 28.0 Å². The quantitative estimate of drug-likeness (QED) is 0.811. The summed E-state index contributed by atoms with van der Waals surface area (Å²) in [5.74, 6) is -0.557. The molecule has 0 atom stereocenters. The van der Waals surface area contributed by atoms with E-state index >= 15 is 0 Å². The summed E-state index contributed by atoms with van der Waals surface area (Å²) in [6, 6.07) is 7.94. The molecule has 0 aliphatic carbocycles. The lowest BCUT2D eigenvalue weighted by molar-refractivity contribution is -0.176. The highest BCUT2D eigenvalue weighted by Crippen LogP contribution is 2.23. The number of piperidine rings is 1. The number of carboxylic acid groups (broad SMARTS) is 1. The predicted molar refractivity (Wildman–Crippen MR) is 86.8 cm³/mol. The summed E-state index contributed by atoms with van der Waals surface area (Å²) >= 11 is 0. The number of benzene rings is 1. The van der Waals surface area contributed by atoms with Gasteiger partial charge in [-0.3, -0.25) is 4.79 Å². The lowest BCUT2D eigenvalue weighted by Gasteiger charge is -2.36. The fraction of sp³-hybridized carbons (Fsp3) is 0.471. The Morgan fingerprint density at radius 3 is 2.56 bits per heavy atom. The van der Waals surface area contributed by atoms with Gasteiger partial charge >= 0.3 is 12.3 Å². The fourth-order valence-electron chi connectivity index (χ4n) is 2.72. The molecule has 27 heavy (non-hydrogen) atoms. The van der Waals surface area contributed by atoms with Crippen LogP contribution in [0.3, 0.4) is 0 Å². The van der Waals surface area contributed by atoms with E-state index in [4.69, 9.17) is 5.11 Å². The van der Waals surface area contributed by atoms with E-state index in [1.807, 2.05) is 6.07 Å². The smallest absolute Gasteiger partial charge is 0.411 e. The molecule has 10 heteroatoms. The van der Waals surface area contributed by atoms with Crippen LogP contribution in [0.15, 0.2) is 24.3 Å². The number of nitrogens with one attached hydrogen (secondary N) is 1. The van der Waals surface area contributed by atoms with Gasteiger partial charge in [-0.2, -0.15) is 18.4 Å². The number of hydrogen-bond donors (Lipinski definition) is 2. The van der Waals surface area contributed by atoms with E-state index in [1.165, 1.54) is 29.2 Å². The summed E-state index contributed by atoms with van der Waals surface area (Å²) in [6.07, 6.45) is -5.22. The normalized spacial score (nSPS) is 16.4. The van der Waals surface area contributed by atoms with E-state index in [2.05, 4.69) is 10.1 Å². The number of ether oxygens (including phenoxy) is 1. The number of hydrogen-bond acceptors (Lipinski definition) is 4. The van der Waals surface area contributed by atoms with Gasteiger partial charge < -0.3 is 20.1 Å². The van der Waals surface area contributed by atoms with Crippen LogP contribution in [0.2, 0.25) is 0 Å². The van der Waals surface area contributed by atoms with Gasteiger partial charge in [-0.25, -0.2) is 4.79 Å². The second-order valence-corrected chi connectivity index (χ2v) is 6.23. The van der Waals surface area contributed by atoms with Gasteiger partial charge in [0.2, 0.25) is 0 Å². The van der Waals surface area contributed by atoms with E-state index < -0.39 is 30.3 Å². The molecule has 2 N–H and O–H groups in total. The van der Waals surface area contributed by atoms with Crippen molar-refractivity contribution in [2.45, 2.75) is 31.2 Å². The van der Waals surface area contributed by atoms with Crippen molar-refractivity contribution in [3.8, 4) is 6.07 Å². The molecule has 0 aromatic heterocycles. The first-order chi connectivity index (χ1) is 12.6. The molecule has 1 aliphatic rings. The van der Waals surface area contributed by atoms with Crippen molar-refractivity contribution in [2.75, 3.05) is 19.7 Å². The Hall–Kier alpha value is -2.80. The molecule has 7 nitrogen and oxygen atoms in total. The van der Waals surface area contributed by atoms with Crippen LogP contribution >= 0.6 is 0 Å². The molecule has 1 aromatic rings. The van der Waals surface area contributed by atoms with Crippen LogP contribution in [0.25, 0.3) is 0 Å². The maximum atomic E-state index is 12.5. The number of rotatable bonds is 5. The summed E-state index contributed by atoms with van der Waals surface area (Å²) in [5.41, 5.74) is -0.622. The average molecular weight is 385 g/mol. The minimum Gasteiger partial charge on any atom is -0.465 e. The molecule has 2 amide bonds. The Labute approximate surface area is 153 Å². The Kier molecular flexibility index (Phi) is 6.28. The number of carbonyl (C=O) groups is 2. The molecule has 0 bridgehead atoms. The van der Waals surface area contributed by atoms with Gasteiger partial charge in [0.1, 0.15) is 12.1 Å². The fourth-order valence-corrected chi connectivity index (χ4v) is 2.72. The topological polar surface area (TPSA) is 103 Å². The first kappa shape index (κ1) is 20.5. The van der Waals surface area contributed by atoms with Gasteiger partial charge in [0.05, 0.1) is 12.7 Å². The van der Waals surface area contributed by atoms with E-state index in [-0.39, 0.29) is 38.1 Å². The van der Waals surface area contributed by atoms with E-state index in [0.717, 1.165) is 0 Å². The van der Waals surface area contributed by atoms with Crippen molar-refractivity contribution in [3.63, 3.8) is 0 Å². The average Bonchev–Trinajstić information content (AvgIpc) is 2.61. The minimum absolute atomic E-state index is 0.120. The first-order valence-electron chi connectivity index (χ1n) is 8.09. The largest absolute Gasteiger partial charge is 0.465 e. The van der Waals surface area contributed by atoms with Gasteiger partial charge in [-0.15, -0.1) is 0 Å². The molecule has 1 heterocycles. The second kappa shape index (κ2) is 8.26. The highest BCUT2D eigenvalue weighted by Gasteiger charge is 2.37. The lowest BCUT2D eigenvalue weighted by atomic mass is 9.88. The molecule has 0 spiro atoms.